The predicted octanol–water partition coefficient (Wildman–Crippen LogP) is 1.43. The van der Waals surface area contributed by atoms with Crippen molar-refractivity contribution >= 4 is 27.0 Å². The summed E-state index contributed by atoms with van der Waals surface area (Å²) in [4.78, 5) is 0.255. The van der Waals surface area contributed by atoms with Gasteiger partial charge in [0, 0.05) is 17.0 Å². The summed E-state index contributed by atoms with van der Waals surface area (Å²) in [6.45, 7) is 0.216. The van der Waals surface area contributed by atoms with Crippen LogP contribution in [-0.4, -0.2) is 15.0 Å². The largest absolute Gasteiger partial charge is 0.326 e. The summed E-state index contributed by atoms with van der Waals surface area (Å²) in [5.41, 5.74) is 6.74. The van der Waals surface area contributed by atoms with E-state index in [1.54, 1.807) is 12.1 Å². The molecule has 0 aliphatic carbocycles. The average molecular weight is 230 g/mol. The normalized spacial score (nSPS) is 17.7. The molecular weight excluding hydrogens is 222 g/mol. The third-order valence-corrected chi connectivity index (χ3v) is 3.89. The van der Waals surface area contributed by atoms with E-state index in [4.69, 9.17) is 17.3 Å². The van der Waals surface area contributed by atoms with Gasteiger partial charge >= 0.3 is 0 Å². The first-order chi connectivity index (χ1) is 6.54. The second-order valence-corrected chi connectivity index (χ2v) is 5.23. The molecule has 2 rings (SSSR count). The first kappa shape index (κ1) is 9.71. The molecule has 0 amide bonds. The minimum Gasteiger partial charge on any atom is -0.326 e. The van der Waals surface area contributed by atoms with E-state index in [1.165, 1.54) is 11.5 Å². The molecule has 0 atom stereocenters. The number of benzene rings is 1. The van der Waals surface area contributed by atoms with Crippen molar-refractivity contribution in [3.63, 3.8) is 0 Å². The van der Waals surface area contributed by atoms with E-state index >= 15 is 0 Å². The Labute approximate surface area is 87.1 Å². The summed E-state index contributed by atoms with van der Waals surface area (Å²) in [6, 6.07) is 4.79. The molecule has 5 heteroatoms. The van der Waals surface area contributed by atoms with Gasteiger partial charge in [-0.1, -0.05) is 17.7 Å². The Morgan fingerprint density at radius 3 is 2.71 bits per heavy atom. The molecule has 2 N–H and O–H groups in total. The first-order valence-electron chi connectivity index (χ1n) is 4.00. The maximum atomic E-state index is 11.6. The molecule has 0 bridgehead atoms. The summed E-state index contributed by atoms with van der Waals surface area (Å²) >= 11 is 5.72. The molecule has 0 fully saturated rings. The quantitative estimate of drug-likeness (QED) is 0.793. The van der Waals surface area contributed by atoms with Crippen molar-refractivity contribution in [2.75, 3.05) is 6.54 Å². The van der Waals surface area contributed by atoms with Gasteiger partial charge in [0.15, 0.2) is 0 Å². The lowest BCUT2D eigenvalue weighted by atomic mass is 10.1. The minimum absolute atomic E-state index is 0.216. The van der Waals surface area contributed by atoms with Crippen molar-refractivity contribution in [2.45, 2.75) is 4.90 Å². The molecule has 0 radical (unpaired) electrons. The van der Waals surface area contributed by atoms with Gasteiger partial charge in [0.2, 0.25) is 9.84 Å². The van der Waals surface area contributed by atoms with E-state index in [2.05, 4.69) is 0 Å². The molecule has 0 saturated heterocycles. The molecule has 0 spiro atoms. The Balaban J connectivity index is 2.75. The van der Waals surface area contributed by atoms with Crippen LogP contribution in [0.1, 0.15) is 5.56 Å². The van der Waals surface area contributed by atoms with Gasteiger partial charge in [-0.25, -0.2) is 8.42 Å². The molecule has 14 heavy (non-hydrogen) atoms. The Bertz CT molecular complexity index is 520. The molecule has 1 aromatic rings. The summed E-state index contributed by atoms with van der Waals surface area (Å²) in [5, 5.41) is 1.62. The van der Waals surface area contributed by atoms with Crippen molar-refractivity contribution < 1.29 is 8.42 Å². The molecule has 0 saturated carbocycles. The SMILES string of the molecule is NCC1=CS(=O)(=O)c2cc(Cl)ccc21. The molecule has 1 heterocycles. The number of hydrogen-bond donors (Lipinski definition) is 1. The van der Waals surface area contributed by atoms with Gasteiger partial charge < -0.3 is 5.73 Å². The van der Waals surface area contributed by atoms with E-state index in [9.17, 15) is 8.42 Å². The van der Waals surface area contributed by atoms with Gasteiger partial charge in [-0.05, 0) is 23.3 Å². The Morgan fingerprint density at radius 2 is 2.07 bits per heavy atom. The standard InChI is InChI=1S/C9H8ClNO2S/c10-7-1-2-8-6(4-11)5-14(12,13)9(8)3-7/h1-3,5H,4,11H2. The number of hydrogen-bond acceptors (Lipinski definition) is 3. The summed E-state index contributed by atoms with van der Waals surface area (Å²) in [6.07, 6.45) is 0. The first-order valence-corrected chi connectivity index (χ1v) is 5.92. The highest BCUT2D eigenvalue weighted by atomic mass is 35.5. The Hall–Kier alpha value is -0.840. The maximum absolute atomic E-state index is 11.6. The fraction of sp³-hybridized carbons (Fsp3) is 0.111. The van der Waals surface area contributed by atoms with Crippen LogP contribution in [0.5, 0.6) is 0 Å². The minimum atomic E-state index is -3.32. The average Bonchev–Trinajstić information content (AvgIpc) is 2.38. The molecule has 1 aromatic carbocycles. The van der Waals surface area contributed by atoms with Crippen LogP contribution >= 0.6 is 11.6 Å². The zero-order chi connectivity index (χ0) is 10.3. The zero-order valence-electron chi connectivity index (χ0n) is 7.20. The van der Waals surface area contributed by atoms with E-state index in [1.807, 2.05) is 0 Å². The zero-order valence-corrected chi connectivity index (χ0v) is 8.77. The second kappa shape index (κ2) is 3.08. The number of halogens is 1. The van der Waals surface area contributed by atoms with Crippen LogP contribution in [0.3, 0.4) is 0 Å². The maximum Gasteiger partial charge on any atom is 0.200 e. The van der Waals surface area contributed by atoms with Crippen LogP contribution in [0.4, 0.5) is 0 Å². The molecule has 0 unspecified atom stereocenters. The molecule has 0 aromatic heterocycles. The van der Waals surface area contributed by atoms with Crippen LogP contribution in [-0.2, 0) is 9.84 Å². The third-order valence-electron chi connectivity index (χ3n) is 2.11. The van der Waals surface area contributed by atoms with Crippen molar-refractivity contribution in [3.05, 3.63) is 34.2 Å². The van der Waals surface area contributed by atoms with E-state index in [0.717, 1.165) is 0 Å². The van der Waals surface area contributed by atoms with Crippen LogP contribution in [0, 0.1) is 0 Å². The van der Waals surface area contributed by atoms with Crippen LogP contribution in [0.25, 0.3) is 5.57 Å². The van der Waals surface area contributed by atoms with Crippen molar-refractivity contribution in [1.29, 1.82) is 0 Å². The number of nitrogens with two attached hydrogens (primary N) is 1. The fourth-order valence-electron chi connectivity index (χ4n) is 1.47. The second-order valence-electron chi connectivity index (χ2n) is 3.03. The van der Waals surface area contributed by atoms with Crippen molar-refractivity contribution in [2.24, 2.45) is 5.73 Å². The van der Waals surface area contributed by atoms with Gasteiger partial charge in [-0.3, -0.25) is 0 Å². The van der Waals surface area contributed by atoms with Gasteiger partial charge in [-0.2, -0.15) is 0 Å². The number of fused-ring (bicyclic) bond motifs is 1. The summed E-state index contributed by atoms with van der Waals surface area (Å²) in [5.74, 6) is 0. The molecule has 74 valence electrons. The number of rotatable bonds is 1. The van der Waals surface area contributed by atoms with E-state index in [-0.39, 0.29) is 11.4 Å². The lowest BCUT2D eigenvalue weighted by Crippen LogP contribution is -2.00. The lowest BCUT2D eigenvalue weighted by Gasteiger charge is -2.01. The lowest BCUT2D eigenvalue weighted by molar-refractivity contribution is 0.605. The van der Waals surface area contributed by atoms with E-state index in [0.29, 0.717) is 16.2 Å². The van der Waals surface area contributed by atoms with Gasteiger partial charge in [0.25, 0.3) is 0 Å². The topological polar surface area (TPSA) is 60.2 Å². The summed E-state index contributed by atoms with van der Waals surface area (Å²) in [7, 11) is -3.32. The van der Waals surface area contributed by atoms with Crippen molar-refractivity contribution in [3.8, 4) is 0 Å². The highest BCUT2D eigenvalue weighted by Crippen LogP contribution is 2.34. The monoisotopic (exact) mass is 229 g/mol. The van der Waals surface area contributed by atoms with Crippen molar-refractivity contribution in [1.82, 2.24) is 0 Å². The van der Waals surface area contributed by atoms with Gasteiger partial charge in [-0.15, -0.1) is 0 Å². The molecule has 3 nitrogen and oxygen atoms in total. The van der Waals surface area contributed by atoms with E-state index < -0.39 is 9.84 Å². The molecule has 1 aliphatic rings. The Morgan fingerprint density at radius 1 is 1.36 bits per heavy atom. The molecule has 1 aliphatic heterocycles. The van der Waals surface area contributed by atoms with Crippen LogP contribution in [0.15, 0.2) is 28.5 Å². The number of sulfone groups is 1. The fourth-order valence-corrected chi connectivity index (χ4v) is 3.23. The Kier molecular flexibility index (Phi) is 2.14. The smallest absolute Gasteiger partial charge is 0.200 e. The van der Waals surface area contributed by atoms with Crippen LogP contribution in [0.2, 0.25) is 5.02 Å². The highest BCUT2D eigenvalue weighted by molar-refractivity contribution is 7.95. The highest BCUT2D eigenvalue weighted by Gasteiger charge is 2.25. The van der Waals surface area contributed by atoms with Crippen LogP contribution < -0.4 is 5.73 Å². The predicted molar refractivity (Wildman–Crippen MR) is 55.7 cm³/mol. The third kappa shape index (κ3) is 1.35. The summed E-state index contributed by atoms with van der Waals surface area (Å²) < 4.78 is 23.2. The molecular formula is C9H8ClNO2S. The van der Waals surface area contributed by atoms with Gasteiger partial charge in [0.1, 0.15) is 0 Å². The van der Waals surface area contributed by atoms with Gasteiger partial charge in [0.05, 0.1) is 4.90 Å².